The molecule has 0 radical (unpaired) electrons. The van der Waals surface area contributed by atoms with Crippen molar-refractivity contribution in [2.24, 2.45) is 0 Å². The van der Waals surface area contributed by atoms with Gasteiger partial charge in [-0.25, -0.2) is 4.98 Å². The number of ketones is 1. The first-order valence-corrected chi connectivity index (χ1v) is 7.56. The average molecular weight is 309 g/mol. The van der Waals surface area contributed by atoms with Crippen molar-refractivity contribution in [3.63, 3.8) is 0 Å². The zero-order valence-corrected chi connectivity index (χ0v) is 13.5. The predicted molar refractivity (Wildman–Crippen MR) is 85.1 cm³/mol. The molecule has 1 aromatic heterocycles. The summed E-state index contributed by atoms with van der Waals surface area (Å²) in [6.45, 7) is 5.54. The topological polar surface area (TPSA) is 33.2 Å². The lowest BCUT2D eigenvalue weighted by Crippen LogP contribution is -2.21. The molecule has 3 nitrogen and oxygen atoms in total. The van der Waals surface area contributed by atoms with Crippen molar-refractivity contribution in [1.29, 1.82) is 0 Å². The van der Waals surface area contributed by atoms with Crippen LogP contribution in [-0.4, -0.2) is 17.8 Å². The number of carbonyl (C=O) groups excluding carboxylic acids is 1. The Labute approximate surface area is 128 Å². The number of nitrogens with zero attached hydrogens (tertiary/aromatic N) is 2. The van der Waals surface area contributed by atoms with Gasteiger partial charge < -0.3 is 4.90 Å². The van der Waals surface area contributed by atoms with Gasteiger partial charge in [0.05, 0.1) is 16.6 Å². The normalized spacial score (nSPS) is 12.2. The van der Waals surface area contributed by atoms with E-state index in [-0.39, 0.29) is 11.8 Å². The van der Waals surface area contributed by atoms with Crippen LogP contribution in [0.1, 0.15) is 40.8 Å². The molecule has 0 bridgehead atoms. The molecule has 0 saturated heterocycles. The zero-order valence-electron chi connectivity index (χ0n) is 12.0. The van der Waals surface area contributed by atoms with Crippen molar-refractivity contribution < 1.29 is 4.79 Å². The Morgan fingerprint density at radius 3 is 2.70 bits per heavy atom. The summed E-state index contributed by atoms with van der Waals surface area (Å²) in [6, 6.07) is 7.93. The Hall–Kier alpha value is -1.39. The molecular formula is C15H17ClN2OS. The first-order valence-electron chi connectivity index (χ1n) is 6.36. The van der Waals surface area contributed by atoms with Crippen LogP contribution in [0.5, 0.6) is 0 Å². The lowest BCUT2D eigenvalue weighted by molar-refractivity contribution is 0.102. The molecule has 0 aliphatic heterocycles. The van der Waals surface area contributed by atoms with Crippen molar-refractivity contribution in [3.8, 4) is 0 Å². The Kier molecular flexibility index (Phi) is 4.45. The fraction of sp³-hybridized carbons (Fsp3) is 0.333. The fourth-order valence-electron chi connectivity index (χ4n) is 2.02. The minimum absolute atomic E-state index is 0.0649. The molecule has 1 unspecified atom stereocenters. The third kappa shape index (κ3) is 3.02. The van der Waals surface area contributed by atoms with E-state index in [0.717, 1.165) is 26.3 Å². The van der Waals surface area contributed by atoms with Gasteiger partial charge in [-0.2, -0.15) is 0 Å². The van der Waals surface area contributed by atoms with Crippen LogP contribution in [0.25, 0.3) is 0 Å². The molecule has 1 heterocycles. The smallest absolute Gasteiger partial charge is 0.186 e. The number of hydrogen-bond donors (Lipinski definition) is 0. The summed E-state index contributed by atoms with van der Waals surface area (Å²) in [4.78, 5) is 18.8. The van der Waals surface area contributed by atoms with Crippen LogP contribution in [0.3, 0.4) is 0 Å². The summed E-state index contributed by atoms with van der Waals surface area (Å²) in [6.07, 6.45) is 0. The largest absolute Gasteiger partial charge is 0.344 e. The highest BCUT2D eigenvalue weighted by Crippen LogP contribution is 2.31. The van der Waals surface area contributed by atoms with Gasteiger partial charge in [-0.1, -0.05) is 35.1 Å². The molecule has 2 rings (SSSR count). The highest BCUT2D eigenvalue weighted by atomic mass is 35.5. The molecule has 0 saturated carbocycles. The summed E-state index contributed by atoms with van der Waals surface area (Å²) in [5.41, 5.74) is 1.92. The molecule has 1 atom stereocenters. The van der Waals surface area contributed by atoms with E-state index >= 15 is 0 Å². The number of anilines is 1. The van der Waals surface area contributed by atoms with Crippen molar-refractivity contribution in [2.45, 2.75) is 26.8 Å². The number of hydrogen-bond acceptors (Lipinski definition) is 4. The number of Topliss-reactive ketones (excluding diaryl/α,β-unsaturated/α-hetero) is 1. The fourth-order valence-corrected chi connectivity index (χ4v) is 3.22. The number of halogens is 1. The molecule has 20 heavy (non-hydrogen) atoms. The minimum atomic E-state index is 0.0649. The van der Waals surface area contributed by atoms with E-state index in [9.17, 15) is 4.79 Å². The van der Waals surface area contributed by atoms with Crippen LogP contribution in [0.4, 0.5) is 5.13 Å². The molecule has 0 N–H and O–H groups in total. The van der Waals surface area contributed by atoms with Gasteiger partial charge in [0.15, 0.2) is 10.9 Å². The summed E-state index contributed by atoms with van der Waals surface area (Å²) in [5, 5.41) is 1.57. The van der Waals surface area contributed by atoms with E-state index in [1.165, 1.54) is 11.3 Å². The quantitative estimate of drug-likeness (QED) is 0.779. The zero-order chi connectivity index (χ0) is 14.9. The van der Waals surface area contributed by atoms with Crippen molar-refractivity contribution in [2.75, 3.05) is 11.9 Å². The van der Waals surface area contributed by atoms with E-state index in [4.69, 9.17) is 11.6 Å². The SMILES string of the molecule is CC(=O)c1sc(N(C)C(C)c2cccc(Cl)c2)nc1C. The molecule has 0 amide bonds. The van der Waals surface area contributed by atoms with Crippen LogP contribution < -0.4 is 4.90 Å². The first-order chi connectivity index (χ1) is 9.40. The second-order valence-corrected chi connectivity index (χ2v) is 6.22. The van der Waals surface area contributed by atoms with Crippen molar-refractivity contribution in [3.05, 3.63) is 45.4 Å². The summed E-state index contributed by atoms with van der Waals surface area (Å²) < 4.78 is 0. The summed E-state index contributed by atoms with van der Waals surface area (Å²) >= 11 is 7.47. The van der Waals surface area contributed by atoms with Crippen molar-refractivity contribution >= 4 is 33.9 Å². The Morgan fingerprint density at radius 1 is 1.45 bits per heavy atom. The van der Waals surface area contributed by atoms with E-state index in [0.29, 0.717) is 0 Å². The van der Waals surface area contributed by atoms with Crippen LogP contribution in [0.15, 0.2) is 24.3 Å². The third-order valence-electron chi connectivity index (χ3n) is 3.32. The maximum Gasteiger partial charge on any atom is 0.186 e. The number of rotatable bonds is 4. The highest BCUT2D eigenvalue weighted by molar-refractivity contribution is 7.17. The van der Waals surface area contributed by atoms with Crippen LogP contribution in [-0.2, 0) is 0 Å². The van der Waals surface area contributed by atoms with Gasteiger partial charge in [0, 0.05) is 19.0 Å². The van der Waals surface area contributed by atoms with E-state index in [1.807, 2.05) is 38.2 Å². The molecular weight excluding hydrogens is 292 g/mol. The van der Waals surface area contributed by atoms with Crippen LogP contribution >= 0.6 is 22.9 Å². The summed E-state index contributed by atoms with van der Waals surface area (Å²) in [5.74, 6) is 0.0649. The molecule has 0 aliphatic carbocycles. The van der Waals surface area contributed by atoms with Gasteiger partial charge in [-0.15, -0.1) is 0 Å². The van der Waals surface area contributed by atoms with Crippen LogP contribution in [0.2, 0.25) is 5.02 Å². The van der Waals surface area contributed by atoms with Gasteiger partial charge in [-0.05, 0) is 31.5 Å². The predicted octanol–water partition coefficient (Wildman–Crippen LogP) is 4.50. The molecule has 0 spiro atoms. The number of aryl methyl sites for hydroxylation is 1. The molecule has 0 aliphatic rings. The maximum atomic E-state index is 11.5. The van der Waals surface area contributed by atoms with Gasteiger partial charge in [0.25, 0.3) is 0 Å². The lowest BCUT2D eigenvalue weighted by Gasteiger charge is -2.24. The Balaban J connectivity index is 2.29. The second-order valence-electron chi connectivity index (χ2n) is 4.81. The van der Waals surface area contributed by atoms with Crippen molar-refractivity contribution in [1.82, 2.24) is 4.98 Å². The van der Waals surface area contributed by atoms with Gasteiger partial charge in [0.1, 0.15) is 0 Å². The molecule has 2 aromatic rings. The first kappa shape index (κ1) is 15.0. The molecule has 106 valence electrons. The van der Waals surface area contributed by atoms with E-state index in [1.54, 1.807) is 6.92 Å². The van der Waals surface area contributed by atoms with Crippen LogP contribution in [0, 0.1) is 6.92 Å². The molecule has 5 heteroatoms. The average Bonchev–Trinajstić information content (AvgIpc) is 2.79. The Morgan fingerprint density at radius 2 is 2.15 bits per heavy atom. The number of thiazole rings is 1. The minimum Gasteiger partial charge on any atom is -0.344 e. The third-order valence-corrected chi connectivity index (χ3v) is 4.90. The van der Waals surface area contributed by atoms with Gasteiger partial charge in [-0.3, -0.25) is 4.79 Å². The highest BCUT2D eigenvalue weighted by Gasteiger charge is 2.19. The second kappa shape index (κ2) is 5.94. The monoisotopic (exact) mass is 308 g/mol. The lowest BCUT2D eigenvalue weighted by atomic mass is 10.1. The number of carbonyl (C=O) groups is 1. The summed E-state index contributed by atoms with van der Waals surface area (Å²) in [7, 11) is 1.98. The molecule has 1 aromatic carbocycles. The standard InChI is InChI=1S/C15H17ClN2OS/c1-9-14(11(3)19)20-15(17-9)18(4)10(2)12-6-5-7-13(16)8-12/h5-8,10H,1-4H3. The van der Waals surface area contributed by atoms with E-state index < -0.39 is 0 Å². The number of benzene rings is 1. The Bertz CT molecular complexity index is 639. The van der Waals surface area contributed by atoms with E-state index in [2.05, 4.69) is 16.8 Å². The van der Waals surface area contributed by atoms with Gasteiger partial charge >= 0.3 is 0 Å². The molecule has 0 fully saturated rings. The number of aromatic nitrogens is 1. The maximum absolute atomic E-state index is 11.5. The van der Waals surface area contributed by atoms with Gasteiger partial charge in [0.2, 0.25) is 0 Å².